The van der Waals surface area contributed by atoms with Crippen LogP contribution in [0.1, 0.15) is 39.5 Å². The lowest BCUT2D eigenvalue weighted by Gasteiger charge is -2.29. The standard InChI is InChI=1S/C12H24N2O/c1-10(2)14(9-8-13-3)12(15)11-6-4-5-7-11/h10-11,13H,4-9H2,1-3H3. The van der Waals surface area contributed by atoms with Crippen LogP contribution in [-0.2, 0) is 4.79 Å². The number of amides is 1. The topological polar surface area (TPSA) is 32.3 Å². The maximum Gasteiger partial charge on any atom is 0.225 e. The summed E-state index contributed by atoms with van der Waals surface area (Å²) in [6, 6.07) is 0.325. The van der Waals surface area contributed by atoms with Gasteiger partial charge >= 0.3 is 0 Å². The first-order valence-electron chi connectivity index (χ1n) is 6.12. The molecule has 0 aliphatic heterocycles. The first-order chi connectivity index (χ1) is 7.16. The zero-order valence-electron chi connectivity index (χ0n) is 10.3. The molecule has 15 heavy (non-hydrogen) atoms. The van der Waals surface area contributed by atoms with Gasteiger partial charge in [0.15, 0.2) is 0 Å². The fourth-order valence-corrected chi connectivity index (χ4v) is 2.26. The lowest BCUT2D eigenvalue weighted by Crippen LogP contribution is -2.43. The summed E-state index contributed by atoms with van der Waals surface area (Å²) in [6.45, 7) is 5.92. The molecular formula is C12H24N2O. The second kappa shape index (κ2) is 6.11. The highest BCUT2D eigenvalue weighted by Crippen LogP contribution is 2.27. The zero-order valence-corrected chi connectivity index (χ0v) is 10.3. The minimum Gasteiger partial charge on any atom is -0.339 e. The maximum atomic E-state index is 12.2. The average Bonchev–Trinajstić information content (AvgIpc) is 2.70. The van der Waals surface area contributed by atoms with Crippen LogP contribution in [0.4, 0.5) is 0 Å². The molecule has 0 atom stereocenters. The molecule has 1 N–H and O–H groups in total. The van der Waals surface area contributed by atoms with Gasteiger partial charge in [-0.1, -0.05) is 12.8 Å². The highest BCUT2D eigenvalue weighted by atomic mass is 16.2. The van der Waals surface area contributed by atoms with Crippen molar-refractivity contribution in [2.45, 2.75) is 45.6 Å². The minimum atomic E-state index is 0.309. The minimum absolute atomic E-state index is 0.309. The van der Waals surface area contributed by atoms with Crippen molar-refractivity contribution in [3.05, 3.63) is 0 Å². The molecule has 1 amide bonds. The predicted molar refractivity (Wildman–Crippen MR) is 62.7 cm³/mol. The number of hydrogen-bond acceptors (Lipinski definition) is 2. The lowest BCUT2D eigenvalue weighted by molar-refractivity contribution is -0.137. The van der Waals surface area contributed by atoms with Crippen molar-refractivity contribution in [3.8, 4) is 0 Å². The van der Waals surface area contributed by atoms with E-state index in [4.69, 9.17) is 0 Å². The number of likely N-dealkylation sites (N-methyl/N-ethyl adjacent to an activating group) is 1. The van der Waals surface area contributed by atoms with Crippen LogP contribution in [0.2, 0.25) is 0 Å². The van der Waals surface area contributed by atoms with Crippen molar-refractivity contribution in [2.24, 2.45) is 5.92 Å². The van der Waals surface area contributed by atoms with Crippen LogP contribution in [0, 0.1) is 5.92 Å². The summed E-state index contributed by atoms with van der Waals surface area (Å²) in [6.07, 6.45) is 4.66. The Balaban J connectivity index is 2.49. The summed E-state index contributed by atoms with van der Waals surface area (Å²) in [5, 5.41) is 3.10. The van der Waals surface area contributed by atoms with Gasteiger partial charge in [0.2, 0.25) is 5.91 Å². The molecule has 0 spiro atoms. The zero-order chi connectivity index (χ0) is 11.3. The van der Waals surface area contributed by atoms with E-state index in [1.807, 2.05) is 11.9 Å². The van der Waals surface area contributed by atoms with Crippen LogP contribution in [0.5, 0.6) is 0 Å². The quantitative estimate of drug-likeness (QED) is 0.751. The molecule has 1 rings (SSSR count). The van der Waals surface area contributed by atoms with Gasteiger partial charge in [-0.05, 0) is 33.7 Å². The molecule has 0 bridgehead atoms. The van der Waals surface area contributed by atoms with Crippen molar-refractivity contribution >= 4 is 5.91 Å². The number of hydrogen-bond donors (Lipinski definition) is 1. The van der Waals surface area contributed by atoms with Crippen molar-refractivity contribution in [1.29, 1.82) is 0 Å². The molecule has 1 aliphatic rings. The molecule has 3 nitrogen and oxygen atoms in total. The second-order valence-corrected chi connectivity index (χ2v) is 4.71. The van der Waals surface area contributed by atoms with Crippen LogP contribution in [0.25, 0.3) is 0 Å². The highest BCUT2D eigenvalue weighted by Gasteiger charge is 2.27. The molecule has 0 heterocycles. The molecule has 0 saturated heterocycles. The SMILES string of the molecule is CNCCN(C(=O)C1CCCC1)C(C)C. The normalized spacial score (nSPS) is 17.3. The van der Waals surface area contributed by atoms with Crippen molar-refractivity contribution in [1.82, 2.24) is 10.2 Å². The van der Waals surface area contributed by atoms with E-state index in [0.717, 1.165) is 25.9 Å². The van der Waals surface area contributed by atoms with Crippen molar-refractivity contribution in [2.75, 3.05) is 20.1 Å². The Hall–Kier alpha value is -0.570. The Kier molecular flexibility index (Phi) is 5.09. The molecule has 1 fully saturated rings. The summed E-state index contributed by atoms with van der Waals surface area (Å²) in [4.78, 5) is 14.2. The monoisotopic (exact) mass is 212 g/mol. The smallest absolute Gasteiger partial charge is 0.225 e. The van der Waals surface area contributed by atoms with Crippen LogP contribution >= 0.6 is 0 Å². The fraction of sp³-hybridized carbons (Fsp3) is 0.917. The summed E-state index contributed by atoms with van der Waals surface area (Å²) < 4.78 is 0. The van der Waals surface area contributed by atoms with E-state index in [0.29, 0.717) is 17.9 Å². The molecule has 88 valence electrons. The third-order valence-electron chi connectivity index (χ3n) is 3.21. The molecule has 1 aliphatic carbocycles. The Morgan fingerprint density at radius 3 is 2.47 bits per heavy atom. The van der Waals surface area contributed by atoms with E-state index < -0.39 is 0 Å². The fourth-order valence-electron chi connectivity index (χ4n) is 2.26. The van der Waals surface area contributed by atoms with Gasteiger partial charge in [-0.3, -0.25) is 4.79 Å². The first kappa shape index (κ1) is 12.5. The molecule has 0 aromatic heterocycles. The van der Waals surface area contributed by atoms with Crippen molar-refractivity contribution < 1.29 is 4.79 Å². The number of carbonyl (C=O) groups excluding carboxylic acids is 1. The van der Waals surface area contributed by atoms with E-state index in [1.54, 1.807) is 0 Å². The Bertz CT molecular complexity index is 198. The third-order valence-corrected chi connectivity index (χ3v) is 3.21. The van der Waals surface area contributed by atoms with Crippen LogP contribution < -0.4 is 5.32 Å². The van der Waals surface area contributed by atoms with Gasteiger partial charge in [0.05, 0.1) is 0 Å². The van der Waals surface area contributed by atoms with E-state index in [2.05, 4.69) is 19.2 Å². The average molecular weight is 212 g/mol. The molecule has 0 radical (unpaired) electrons. The largest absolute Gasteiger partial charge is 0.339 e. The van der Waals surface area contributed by atoms with Gasteiger partial charge in [0, 0.05) is 25.0 Å². The Morgan fingerprint density at radius 1 is 1.40 bits per heavy atom. The van der Waals surface area contributed by atoms with Gasteiger partial charge in [0.25, 0.3) is 0 Å². The molecule has 0 unspecified atom stereocenters. The van der Waals surface area contributed by atoms with E-state index in [9.17, 15) is 4.79 Å². The van der Waals surface area contributed by atoms with E-state index in [-0.39, 0.29) is 0 Å². The van der Waals surface area contributed by atoms with Crippen LogP contribution in [-0.4, -0.2) is 37.0 Å². The summed E-state index contributed by atoms with van der Waals surface area (Å²) in [7, 11) is 1.93. The van der Waals surface area contributed by atoms with E-state index >= 15 is 0 Å². The third kappa shape index (κ3) is 3.49. The number of nitrogens with one attached hydrogen (secondary N) is 1. The summed E-state index contributed by atoms with van der Waals surface area (Å²) >= 11 is 0. The maximum absolute atomic E-state index is 12.2. The van der Waals surface area contributed by atoms with E-state index in [1.165, 1.54) is 12.8 Å². The number of carbonyl (C=O) groups is 1. The van der Waals surface area contributed by atoms with Gasteiger partial charge in [-0.25, -0.2) is 0 Å². The lowest BCUT2D eigenvalue weighted by atomic mass is 10.1. The summed E-state index contributed by atoms with van der Waals surface area (Å²) in [5.74, 6) is 0.682. The van der Waals surface area contributed by atoms with Gasteiger partial charge in [-0.15, -0.1) is 0 Å². The molecule has 0 aromatic rings. The molecule has 0 aromatic carbocycles. The second-order valence-electron chi connectivity index (χ2n) is 4.71. The van der Waals surface area contributed by atoms with Gasteiger partial charge < -0.3 is 10.2 Å². The highest BCUT2D eigenvalue weighted by molar-refractivity contribution is 5.79. The predicted octanol–water partition coefficient (Wildman–Crippen LogP) is 1.63. The summed E-state index contributed by atoms with van der Waals surface area (Å²) in [5.41, 5.74) is 0. The molecular weight excluding hydrogens is 188 g/mol. The number of nitrogens with zero attached hydrogens (tertiary/aromatic N) is 1. The van der Waals surface area contributed by atoms with Crippen molar-refractivity contribution in [3.63, 3.8) is 0 Å². The van der Waals surface area contributed by atoms with Crippen LogP contribution in [0.3, 0.4) is 0 Å². The number of rotatable bonds is 5. The Morgan fingerprint density at radius 2 is 2.00 bits per heavy atom. The van der Waals surface area contributed by atoms with Gasteiger partial charge in [-0.2, -0.15) is 0 Å². The molecule has 3 heteroatoms. The molecule has 1 saturated carbocycles. The van der Waals surface area contributed by atoms with Crippen LogP contribution in [0.15, 0.2) is 0 Å². The van der Waals surface area contributed by atoms with Gasteiger partial charge in [0.1, 0.15) is 0 Å². The Labute approximate surface area is 93.2 Å². The first-order valence-corrected chi connectivity index (χ1v) is 6.12.